The molecule has 1 aliphatic rings. The van der Waals surface area contributed by atoms with Gasteiger partial charge in [0.15, 0.2) is 0 Å². The fourth-order valence-electron chi connectivity index (χ4n) is 4.44. The summed E-state index contributed by atoms with van der Waals surface area (Å²) in [6.45, 7) is 0.261. The third-order valence-electron chi connectivity index (χ3n) is 6.16. The first-order valence-electron chi connectivity index (χ1n) is 10.9. The zero-order chi connectivity index (χ0) is 22.6. The van der Waals surface area contributed by atoms with Gasteiger partial charge in [-0.3, -0.25) is 4.79 Å². The highest BCUT2D eigenvalue weighted by Crippen LogP contribution is 2.42. The number of carbonyl (C=O) groups excluding carboxylic acids is 1. The van der Waals surface area contributed by atoms with Crippen LogP contribution in [0.2, 0.25) is 0 Å². The lowest BCUT2D eigenvalue weighted by Crippen LogP contribution is -2.37. The van der Waals surface area contributed by atoms with E-state index in [1.165, 1.54) is 0 Å². The number of nitrogens with one attached hydrogen (secondary N) is 2. The fourth-order valence-corrected chi connectivity index (χ4v) is 4.87. The largest absolute Gasteiger partial charge is 0.325 e. The Morgan fingerprint density at radius 2 is 1.59 bits per heavy atom. The fraction of sp³-hybridized carbons (Fsp3) is 0.269. The number of amides is 1. The molecular weight excluding hydrogens is 420 g/mol. The molecule has 32 heavy (non-hydrogen) atoms. The van der Waals surface area contributed by atoms with Gasteiger partial charge < -0.3 is 5.32 Å². The molecule has 3 aromatic rings. The number of hydrogen-bond donors (Lipinski definition) is 2. The quantitative estimate of drug-likeness (QED) is 0.508. The number of rotatable bonds is 7. The Bertz CT molecular complexity index is 1190. The van der Waals surface area contributed by atoms with Gasteiger partial charge in [0.2, 0.25) is 15.9 Å². The molecule has 6 heteroatoms. The smallest absolute Gasteiger partial charge is 0.235 e. The lowest BCUT2D eigenvalue weighted by molar-refractivity contribution is -0.121. The maximum Gasteiger partial charge on any atom is 0.235 e. The molecule has 0 heterocycles. The molecule has 4 rings (SSSR count). The first-order valence-corrected chi connectivity index (χ1v) is 12.8. The highest BCUT2D eigenvalue weighted by molar-refractivity contribution is 7.88. The van der Waals surface area contributed by atoms with Crippen LogP contribution in [0.1, 0.15) is 39.7 Å². The van der Waals surface area contributed by atoms with E-state index in [0.29, 0.717) is 0 Å². The van der Waals surface area contributed by atoms with E-state index < -0.39 is 15.4 Å². The topological polar surface area (TPSA) is 75.3 Å². The second-order valence-electron chi connectivity index (χ2n) is 8.48. The molecule has 0 spiro atoms. The van der Waals surface area contributed by atoms with Gasteiger partial charge in [0.1, 0.15) is 0 Å². The van der Waals surface area contributed by atoms with Crippen molar-refractivity contribution < 1.29 is 16.1 Å². The highest BCUT2D eigenvalue weighted by Gasteiger charge is 2.42. The van der Waals surface area contributed by atoms with Crippen LogP contribution in [0.15, 0.2) is 78.9 Å². The summed E-state index contributed by atoms with van der Waals surface area (Å²) in [7, 11) is -3.22. The summed E-state index contributed by atoms with van der Waals surface area (Å²) >= 11 is 0. The van der Waals surface area contributed by atoms with E-state index >= 15 is 0 Å². The van der Waals surface area contributed by atoms with Crippen molar-refractivity contribution in [1.82, 2.24) is 4.72 Å². The van der Waals surface area contributed by atoms with Crippen LogP contribution in [-0.4, -0.2) is 20.6 Å². The summed E-state index contributed by atoms with van der Waals surface area (Å²) in [4.78, 5) is 13.4. The minimum Gasteiger partial charge on any atom is -0.325 e. The van der Waals surface area contributed by atoms with Crippen LogP contribution in [0.4, 0.5) is 5.69 Å². The molecule has 0 bridgehead atoms. The van der Waals surface area contributed by atoms with Crippen molar-refractivity contribution in [3.63, 3.8) is 0 Å². The van der Waals surface area contributed by atoms with E-state index in [2.05, 4.69) is 22.2 Å². The first kappa shape index (κ1) is 22.2. The second kappa shape index (κ2) is 9.27. The van der Waals surface area contributed by atoms with Gasteiger partial charge in [-0.2, -0.15) is 0 Å². The van der Waals surface area contributed by atoms with Crippen LogP contribution >= 0.6 is 0 Å². The van der Waals surface area contributed by atoms with Crippen LogP contribution in [0.3, 0.4) is 0 Å². The predicted molar refractivity (Wildman–Crippen MR) is 133 cm³/mol. The van der Waals surface area contributed by atoms with Gasteiger partial charge in [0.25, 0.3) is 0 Å². The van der Waals surface area contributed by atoms with E-state index in [1.54, 1.807) is 0 Å². The second-order valence-corrected chi connectivity index (χ2v) is 10.3. The van der Waals surface area contributed by atoms with E-state index in [9.17, 15) is 13.2 Å². The van der Waals surface area contributed by atoms with E-state index in [1.807, 2.05) is 66.7 Å². The number of anilines is 1. The summed E-state index contributed by atoms with van der Waals surface area (Å²) < 4.78 is 25.1. The van der Waals surface area contributed by atoms with Crippen molar-refractivity contribution in [2.75, 3.05) is 11.6 Å². The minimum atomic E-state index is -3.22. The molecule has 1 fully saturated rings. The zero-order valence-corrected chi connectivity index (χ0v) is 19.0. The average Bonchev–Trinajstić information content (AvgIpc) is 3.30. The summed E-state index contributed by atoms with van der Waals surface area (Å²) in [5, 5.41) is 3.17. The number of hydrogen-bond acceptors (Lipinski definition) is 3. The van der Waals surface area contributed by atoms with Gasteiger partial charge in [0.05, 0.1) is 11.7 Å². The molecule has 0 saturated heterocycles. The molecule has 170 valence electrons. The molecule has 0 unspecified atom stereocenters. The molecule has 3 aromatic carbocycles. The summed E-state index contributed by atoms with van der Waals surface area (Å²) in [5.74, 6) is 0.0561. The lowest BCUT2D eigenvalue weighted by atomic mass is 9.78. The van der Waals surface area contributed by atoms with Crippen molar-refractivity contribution in [2.24, 2.45) is 0 Å². The Morgan fingerprint density at radius 3 is 2.25 bits per heavy atom. The number of carbonyl (C=O) groups is 1. The van der Waals surface area contributed by atoms with Gasteiger partial charge in [0, 0.05) is 15.1 Å². The van der Waals surface area contributed by atoms with Crippen molar-refractivity contribution in [3.8, 4) is 11.1 Å². The Hall–Kier alpha value is -2.96. The third kappa shape index (κ3) is 5.09. The third-order valence-corrected chi connectivity index (χ3v) is 6.83. The number of benzene rings is 3. The molecule has 1 saturated carbocycles. The molecule has 1 aliphatic carbocycles. The normalized spacial score (nSPS) is 15.4. The van der Waals surface area contributed by atoms with Crippen molar-refractivity contribution in [1.29, 1.82) is 0 Å². The standard InChI is InChI=1S/C26H28N2O3S.2H2/c1-32(30,31)27-19-20-12-14-21(15-13-20)22-8-7-11-24(18-22)28-25(29)26(16-5-6-17-26)23-9-3-2-4-10-23;;/h2-4,7-15,18,27H,5-6,16-17,19H2,1H3,(H,28,29);2*1H. The Balaban J connectivity index is 0.00000204. The van der Waals surface area contributed by atoms with Gasteiger partial charge in [-0.05, 0) is 47.2 Å². The van der Waals surface area contributed by atoms with E-state index in [0.717, 1.165) is 59.9 Å². The maximum atomic E-state index is 13.4. The van der Waals surface area contributed by atoms with Gasteiger partial charge in [-0.15, -0.1) is 0 Å². The maximum absolute atomic E-state index is 13.4. The summed E-state index contributed by atoms with van der Waals surface area (Å²) in [5.41, 5.74) is 4.27. The molecule has 2 N–H and O–H groups in total. The molecule has 5 nitrogen and oxygen atoms in total. The van der Waals surface area contributed by atoms with Crippen molar-refractivity contribution in [3.05, 3.63) is 90.0 Å². The summed E-state index contributed by atoms with van der Waals surface area (Å²) in [6.07, 6.45) is 5.00. The molecule has 0 radical (unpaired) electrons. The Morgan fingerprint density at radius 1 is 0.906 bits per heavy atom. The van der Waals surface area contributed by atoms with Crippen molar-refractivity contribution >= 4 is 21.6 Å². The molecule has 0 atom stereocenters. The van der Waals surface area contributed by atoms with E-state index in [4.69, 9.17) is 0 Å². The average molecular weight is 453 g/mol. The number of sulfonamides is 1. The predicted octanol–water partition coefficient (Wildman–Crippen LogP) is 5.35. The Labute approximate surface area is 192 Å². The van der Waals surface area contributed by atoms with Crippen LogP contribution in [-0.2, 0) is 26.8 Å². The van der Waals surface area contributed by atoms with Crippen LogP contribution in [0, 0.1) is 0 Å². The Kier molecular flexibility index (Phi) is 6.44. The minimum absolute atomic E-state index is 0. The van der Waals surface area contributed by atoms with Gasteiger partial charge >= 0.3 is 0 Å². The van der Waals surface area contributed by atoms with Gasteiger partial charge in [-0.1, -0.05) is 79.6 Å². The van der Waals surface area contributed by atoms with Crippen LogP contribution in [0.25, 0.3) is 11.1 Å². The SMILES string of the molecule is CS(=O)(=O)NCc1ccc(-c2cccc(NC(=O)C3(c4ccccc4)CCCC3)c2)cc1.[HH].[HH]. The van der Waals surface area contributed by atoms with E-state index in [-0.39, 0.29) is 15.3 Å². The molecular formula is C26H32N2O3S. The summed E-state index contributed by atoms with van der Waals surface area (Å²) in [6, 6.07) is 25.7. The van der Waals surface area contributed by atoms with Crippen LogP contribution in [0.5, 0.6) is 0 Å². The monoisotopic (exact) mass is 452 g/mol. The lowest BCUT2D eigenvalue weighted by Gasteiger charge is -2.28. The highest BCUT2D eigenvalue weighted by atomic mass is 32.2. The zero-order valence-electron chi connectivity index (χ0n) is 18.2. The molecule has 0 aromatic heterocycles. The molecule has 0 aliphatic heterocycles. The van der Waals surface area contributed by atoms with Crippen molar-refractivity contribution in [2.45, 2.75) is 37.6 Å². The van der Waals surface area contributed by atoms with Gasteiger partial charge in [-0.25, -0.2) is 13.1 Å². The first-order chi connectivity index (χ1) is 15.4. The van der Waals surface area contributed by atoms with Crippen LogP contribution < -0.4 is 10.0 Å². The molecule has 1 amide bonds.